The summed E-state index contributed by atoms with van der Waals surface area (Å²) in [5.74, 6) is 1.18. The Labute approximate surface area is 185 Å². The van der Waals surface area contributed by atoms with Crippen LogP contribution in [0.25, 0.3) is 11.8 Å². The molecule has 6 nitrogen and oxygen atoms in total. The Balaban J connectivity index is 1.45. The first-order chi connectivity index (χ1) is 15.0. The molecule has 1 fully saturated rings. The van der Waals surface area contributed by atoms with Gasteiger partial charge in [-0.2, -0.15) is 0 Å². The van der Waals surface area contributed by atoms with Crippen molar-refractivity contribution in [3.8, 4) is 17.2 Å². The van der Waals surface area contributed by atoms with Crippen molar-refractivity contribution in [1.29, 1.82) is 0 Å². The fourth-order valence-electron chi connectivity index (χ4n) is 3.21. The molecule has 2 amide bonds. The number of benzene rings is 2. The number of thioether (sulfide) groups is 1. The molecule has 3 aromatic rings. The molecule has 2 aromatic carbocycles. The molecule has 1 aromatic heterocycles. The molecule has 1 aliphatic rings. The van der Waals surface area contributed by atoms with E-state index in [0.29, 0.717) is 10.7 Å². The second-order valence-electron chi connectivity index (χ2n) is 7.00. The Morgan fingerprint density at radius 2 is 1.68 bits per heavy atom. The highest BCUT2D eigenvalue weighted by Crippen LogP contribution is 2.32. The first kappa shape index (κ1) is 20.8. The first-order valence-electron chi connectivity index (χ1n) is 9.82. The summed E-state index contributed by atoms with van der Waals surface area (Å²) in [4.78, 5) is 26.8. The lowest BCUT2D eigenvalue weighted by molar-refractivity contribution is -0.123. The van der Waals surface area contributed by atoms with E-state index in [9.17, 15) is 9.59 Å². The van der Waals surface area contributed by atoms with Gasteiger partial charge in [0.05, 0.1) is 18.6 Å². The number of hydrogen-bond acceptors (Lipinski definition) is 5. The summed E-state index contributed by atoms with van der Waals surface area (Å²) < 4.78 is 12.8. The highest BCUT2D eigenvalue weighted by atomic mass is 32.2. The minimum atomic E-state index is -0.301. The zero-order chi connectivity index (χ0) is 21.8. The van der Waals surface area contributed by atoms with Crippen LogP contribution in [0.2, 0.25) is 0 Å². The van der Waals surface area contributed by atoms with Crippen molar-refractivity contribution in [2.45, 2.75) is 6.92 Å². The molecule has 1 saturated heterocycles. The van der Waals surface area contributed by atoms with Gasteiger partial charge in [-0.1, -0.05) is 17.7 Å². The van der Waals surface area contributed by atoms with Gasteiger partial charge in [0.15, 0.2) is 0 Å². The third-order valence-corrected chi connectivity index (χ3v) is 5.80. The van der Waals surface area contributed by atoms with E-state index >= 15 is 0 Å². The molecule has 7 heteroatoms. The van der Waals surface area contributed by atoms with Crippen LogP contribution in [0.3, 0.4) is 0 Å². The van der Waals surface area contributed by atoms with Crippen LogP contribution in [0.4, 0.5) is 4.79 Å². The lowest BCUT2D eigenvalue weighted by Gasteiger charge is -2.13. The summed E-state index contributed by atoms with van der Waals surface area (Å²) in [6.45, 7) is 2.45. The maximum Gasteiger partial charge on any atom is 0.293 e. The molecule has 0 bridgehead atoms. The van der Waals surface area contributed by atoms with Crippen molar-refractivity contribution >= 4 is 29.0 Å². The molecule has 1 aliphatic heterocycles. The highest BCUT2D eigenvalue weighted by Gasteiger charge is 2.35. The topological polar surface area (TPSA) is 60.8 Å². The van der Waals surface area contributed by atoms with E-state index < -0.39 is 0 Å². The average Bonchev–Trinajstić information content (AvgIpc) is 3.35. The molecule has 0 radical (unpaired) electrons. The molecule has 0 atom stereocenters. The van der Waals surface area contributed by atoms with Crippen molar-refractivity contribution in [1.82, 2.24) is 9.47 Å². The number of carbonyl (C=O) groups excluding carboxylic acids is 2. The fraction of sp³-hybridized carbons (Fsp3) is 0.167. The Kier molecular flexibility index (Phi) is 6.13. The lowest BCUT2D eigenvalue weighted by Crippen LogP contribution is -2.32. The number of carbonyl (C=O) groups is 2. The van der Waals surface area contributed by atoms with E-state index in [1.165, 1.54) is 4.90 Å². The van der Waals surface area contributed by atoms with Crippen LogP contribution in [0.5, 0.6) is 11.5 Å². The predicted molar refractivity (Wildman–Crippen MR) is 122 cm³/mol. The molecule has 0 unspecified atom stereocenters. The van der Waals surface area contributed by atoms with E-state index in [0.717, 1.165) is 34.5 Å². The minimum absolute atomic E-state index is 0.204. The van der Waals surface area contributed by atoms with Crippen LogP contribution in [-0.2, 0) is 4.79 Å². The number of rotatable bonds is 7. The van der Waals surface area contributed by atoms with Crippen molar-refractivity contribution in [3.05, 3.63) is 83.0 Å². The SMILES string of the molecule is COc1ccc(-n2cccc2/C=C2\SC(=O)N(CCOc3ccc(C)cc3)C2=O)cc1. The van der Waals surface area contributed by atoms with Crippen LogP contribution in [0.1, 0.15) is 11.3 Å². The van der Waals surface area contributed by atoms with Crippen LogP contribution in [-0.4, -0.2) is 40.9 Å². The molecule has 2 heterocycles. The van der Waals surface area contributed by atoms with Crippen molar-refractivity contribution in [3.63, 3.8) is 0 Å². The number of ether oxygens (including phenoxy) is 2. The standard InChI is InChI=1S/C24H22N2O4S/c1-17-5-9-21(10-6-17)30-15-14-26-23(27)22(31-24(26)28)16-19-4-3-13-25(19)18-7-11-20(29-2)12-8-18/h3-13,16H,14-15H2,1-2H3/b22-16-. The van der Waals surface area contributed by atoms with Crippen LogP contribution < -0.4 is 9.47 Å². The molecular weight excluding hydrogens is 412 g/mol. The van der Waals surface area contributed by atoms with Gasteiger partial charge in [0.2, 0.25) is 0 Å². The van der Waals surface area contributed by atoms with Gasteiger partial charge in [-0.25, -0.2) is 0 Å². The van der Waals surface area contributed by atoms with Crippen LogP contribution >= 0.6 is 11.8 Å². The van der Waals surface area contributed by atoms with Gasteiger partial charge in [0, 0.05) is 17.6 Å². The summed E-state index contributed by atoms with van der Waals surface area (Å²) in [7, 11) is 1.62. The normalized spacial score (nSPS) is 15.0. The van der Waals surface area contributed by atoms with Gasteiger partial charge in [0.1, 0.15) is 18.1 Å². The zero-order valence-electron chi connectivity index (χ0n) is 17.3. The third kappa shape index (κ3) is 4.67. The number of hydrogen-bond donors (Lipinski definition) is 0. The number of imide groups is 1. The summed E-state index contributed by atoms with van der Waals surface area (Å²) in [6, 6.07) is 19.1. The van der Waals surface area contributed by atoms with Gasteiger partial charge in [-0.15, -0.1) is 0 Å². The molecule has 0 saturated carbocycles. The molecule has 31 heavy (non-hydrogen) atoms. The average molecular weight is 435 g/mol. The Bertz CT molecular complexity index is 1120. The Hall–Kier alpha value is -3.45. The minimum Gasteiger partial charge on any atom is -0.497 e. The van der Waals surface area contributed by atoms with E-state index in [-0.39, 0.29) is 24.3 Å². The van der Waals surface area contributed by atoms with Crippen LogP contribution in [0.15, 0.2) is 71.8 Å². The largest absolute Gasteiger partial charge is 0.497 e. The van der Waals surface area contributed by atoms with Gasteiger partial charge >= 0.3 is 0 Å². The molecule has 0 spiro atoms. The quantitative estimate of drug-likeness (QED) is 0.495. The Morgan fingerprint density at radius 3 is 2.39 bits per heavy atom. The van der Waals surface area contributed by atoms with Crippen LogP contribution in [0, 0.1) is 6.92 Å². The second kappa shape index (κ2) is 9.14. The Morgan fingerprint density at radius 1 is 0.968 bits per heavy atom. The summed E-state index contributed by atoms with van der Waals surface area (Å²) in [5.41, 5.74) is 2.89. The van der Waals surface area contributed by atoms with Gasteiger partial charge in [0.25, 0.3) is 11.1 Å². The van der Waals surface area contributed by atoms with Gasteiger partial charge < -0.3 is 14.0 Å². The summed E-state index contributed by atoms with van der Waals surface area (Å²) in [6.07, 6.45) is 3.66. The van der Waals surface area contributed by atoms with E-state index in [1.807, 2.05) is 78.4 Å². The highest BCUT2D eigenvalue weighted by molar-refractivity contribution is 8.18. The number of nitrogens with zero attached hydrogens (tertiary/aromatic N) is 2. The van der Waals surface area contributed by atoms with Gasteiger partial charge in [-0.05, 0) is 73.3 Å². The lowest BCUT2D eigenvalue weighted by atomic mass is 10.2. The van der Waals surface area contributed by atoms with E-state index in [4.69, 9.17) is 9.47 Å². The summed E-state index contributed by atoms with van der Waals surface area (Å²) in [5, 5.41) is -0.286. The maximum atomic E-state index is 12.8. The number of aryl methyl sites for hydroxylation is 1. The van der Waals surface area contributed by atoms with Crippen molar-refractivity contribution < 1.29 is 19.1 Å². The zero-order valence-corrected chi connectivity index (χ0v) is 18.1. The monoisotopic (exact) mass is 434 g/mol. The second-order valence-corrected chi connectivity index (χ2v) is 7.99. The van der Waals surface area contributed by atoms with Crippen molar-refractivity contribution in [2.75, 3.05) is 20.3 Å². The first-order valence-corrected chi connectivity index (χ1v) is 10.6. The van der Waals surface area contributed by atoms with Crippen molar-refractivity contribution in [2.24, 2.45) is 0 Å². The third-order valence-electron chi connectivity index (χ3n) is 4.89. The smallest absolute Gasteiger partial charge is 0.293 e. The number of amides is 2. The number of methoxy groups -OCH3 is 1. The maximum absolute atomic E-state index is 12.8. The molecule has 158 valence electrons. The molecular formula is C24H22N2O4S. The fourth-order valence-corrected chi connectivity index (χ4v) is 4.06. The molecule has 4 rings (SSSR count). The van der Waals surface area contributed by atoms with E-state index in [2.05, 4.69) is 0 Å². The van der Waals surface area contributed by atoms with Gasteiger partial charge in [-0.3, -0.25) is 14.5 Å². The predicted octanol–water partition coefficient (Wildman–Crippen LogP) is 4.91. The molecule has 0 N–H and O–H groups in total. The number of aromatic nitrogens is 1. The molecule has 0 aliphatic carbocycles. The van der Waals surface area contributed by atoms with E-state index in [1.54, 1.807) is 13.2 Å². The summed E-state index contributed by atoms with van der Waals surface area (Å²) >= 11 is 0.948.